The van der Waals surface area contributed by atoms with Crippen molar-refractivity contribution in [2.75, 3.05) is 20.1 Å². The van der Waals surface area contributed by atoms with Gasteiger partial charge in [0.15, 0.2) is 0 Å². The van der Waals surface area contributed by atoms with Crippen molar-refractivity contribution in [3.8, 4) is 0 Å². The highest BCUT2D eigenvalue weighted by Gasteiger charge is 2.37. The lowest BCUT2D eigenvalue weighted by Gasteiger charge is -2.43. The lowest BCUT2D eigenvalue weighted by Crippen LogP contribution is -2.52. The third-order valence-electron chi connectivity index (χ3n) is 4.32. The summed E-state index contributed by atoms with van der Waals surface area (Å²) in [5.74, 6) is 0. The normalized spacial score (nSPS) is 20.2. The highest BCUT2D eigenvalue weighted by atomic mass is 79.9. The molecule has 1 aliphatic rings. The van der Waals surface area contributed by atoms with Crippen LogP contribution < -0.4 is 5.32 Å². The van der Waals surface area contributed by atoms with Crippen molar-refractivity contribution in [2.45, 2.75) is 51.1 Å². The van der Waals surface area contributed by atoms with E-state index in [0.29, 0.717) is 6.04 Å². The maximum Gasteiger partial charge on any atom is 0.0605 e. The summed E-state index contributed by atoms with van der Waals surface area (Å²) in [5, 5.41) is 5.71. The third-order valence-corrected chi connectivity index (χ3v) is 6.26. The van der Waals surface area contributed by atoms with Gasteiger partial charge in [0.1, 0.15) is 0 Å². The van der Waals surface area contributed by atoms with Crippen LogP contribution in [0.2, 0.25) is 0 Å². The highest BCUT2D eigenvalue weighted by molar-refractivity contribution is 9.10. The van der Waals surface area contributed by atoms with E-state index in [0.717, 1.165) is 0 Å². The van der Waals surface area contributed by atoms with E-state index in [4.69, 9.17) is 0 Å². The molecule has 0 aromatic carbocycles. The van der Waals surface area contributed by atoms with Gasteiger partial charge >= 0.3 is 0 Å². The maximum absolute atomic E-state index is 3.69. The first kappa shape index (κ1) is 15.5. The fraction of sp³-hybridized carbons (Fsp3) is 0.733. The Balaban J connectivity index is 2.22. The van der Waals surface area contributed by atoms with E-state index in [9.17, 15) is 0 Å². The zero-order valence-electron chi connectivity index (χ0n) is 12.2. The van der Waals surface area contributed by atoms with Crippen molar-refractivity contribution in [3.63, 3.8) is 0 Å². The van der Waals surface area contributed by atoms with Crippen LogP contribution in [-0.4, -0.2) is 30.6 Å². The molecule has 0 aliphatic carbocycles. The zero-order valence-corrected chi connectivity index (χ0v) is 14.6. The average molecular weight is 345 g/mol. The second kappa shape index (κ2) is 6.70. The Hall–Kier alpha value is 0.1000. The molecule has 0 bridgehead atoms. The molecule has 1 saturated heterocycles. The molecule has 2 nitrogen and oxygen atoms in total. The molecule has 1 aromatic heterocycles. The summed E-state index contributed by atoms with van der Waals surface area (Å²) < 4.78 is 1.24. The van der Waals surface area contributed by atoms with Gasteiger partial charge < -0.3 is 5.32 Å². The summed E-state index contributed by atoms with van der Waals surface area (Å²) in [4.78, 5) is 4.09. The third kappa shape index (κ3) is 3.41. The molecule has 108 valence electrons. The first-order valence-electron chi connectivity index (χ1n) is 7.22. The fourth-order valence-electron chi connectivity index (χ4n) is 3.15. The Morgan fingerprint density at radius 1 is 1.26 bits per heavy atom. The van der Waals surface area contributed by atoms with Crippen LogP contribution in [0.5, 0.6) is 0 Å². The molecule has 1 aromatic rings. The summed E-state index contributed by atoms with van der Waals surface area (Å²) in [7, 11) is 2.08. The highest BCUT2D eigenvalue weighted by Crippen LogP contribution is 2.38. The van der Waals surface area contributed by atoms with Crippen LogP contribution in [0, 0.1) is 0 Å². The minimum atomic E-state index is 0.145. The summed E-state index contributed by atoms with van der Waals surface area (Å²) in [6, 6.07) is 2.53. The molecule has 1 aliphatic heterocycles. The molecule has 4 heteroatoms. The zero-order chi connectivity index (χ0) is 13.9. The van der Waals surface area contributed by atoms with Crippen molar-refractivity contribution in [1.82, 2.24) is 10.2 Å². The molecule has 0 saturated carbocycles. The number of hydrogen-bond acceptors (Lipinski definition) is 3. The van der Waals surface area contributed by atoms with Crippen molar-refractivity contribution in [3.05, 3.63) is 20.8 Å². The van der Waals surface area contributed by atoms with E-state index in [2.05, 4.69) is 58.5 Å². The standard InChI is InChI=1S/C15H25BrN2S/c1-15(2,18-9-6-4-5-7-10-18)14(17-3)13-12(16)8-11-19-13/h8,11,14,17H,4-7,9-10H2,1-3H3. The molecular weight excluding hydrogens is 320 g/mol. The van der Waals surface area contributed by atoms with Gasteiger partial charge in [0.25, 0.3) is 0 Å². The smallest absolute Gasteiger partial charge is 0.0605 e. The van der Waals surface area contributed by atoms with Crippen LogP contribution in [-0.2, 0) is 0 Å². The largest absolute Gasteiger partial charge is 0.311 e. The van der Waals surface area contributed by atoms with Crippen LogP contribution >= 0.6 is 27.3 Å². The molecular formula is C15H25BrN2S. The number of halogens is 1. The summed E-state index contributed by atoms with van der Waals surface area (Å²) in [6.07, 6.45) is 5.45. The van der Waals surface area contributed by atoms with Gasteiger partial charge in [-0.25, -0.2) is 0 Å². The number of rotatable bonds is 4. The lowest BCUT2D eigenvalue weighted by molar-refractivity contribution is 0.0875. The Labute approximate surface area is 129 Å². The Morgan fingerprint density at radius 3 is 2.37 bits per heavy atom. The topological polar surface area (TPSA) is 15.3 Å². The molecule has 2 heterocycles. The maximum atomic E-state index is 3.69. The van der Waals surface area contributed by atoms with Crippen molar-refractivity contribution < 1.29 is 0 Å². The number of thiophene rings is 1. The van der Waals surface area contributed by atoms with Crippen LogP contribution in [0.15, 0.2) is 15.9 Å². The Morgan fingerprint density at radius 2 is 1.89 bits per heavy atom. The predicted octanol–water partition coefficient (Wildman–Crippen LogP) is 4.43. The molecule has 1 fully saturated rings. The monoisotopic (exact) mass is 344 g/mol. The lowest BCUT2D eigenvalue weighted by atomic mass is 9.90. The predicted molar refractivity (Wildman–Crippen MR) is 87.9 cm³/mol. The summed E-state index contributed by atoms with van der Waals surface area (Å²) >= 11 is 5.53. The second-order valence-corrected chi connectivity index (χ2v) is 7.71. The van der Waals surface area contributed by atoms with Gasteiger partial charge in [0, 0.05) is 14.9 Å². The van der Waals surface area contributed by atoms with E-state index in [1.165, 1.54) is 48.1 Å². The molecule has 2 rings (SSSR count). The van der Waals surface area contributed by atoms with Crippen LogP contribution in [0.4, 0.5) is 0 Å². The number of likely N-dealkylation sites (N-methyl/N-ethyl adjacent to an activating group) is 1. The van der Waals surface area contributed by atoms with Crippen LogP contribution in [0.1, 0.15) is 50.4 Å². The molecule has 1 atom stereocenters. The molecule has 1 N–H and O–H groups in total. The van der Waals surface area contributed by atoms with Crippen LogP contribution in [0.3, 0.4) is 0 Å². The van der Waals surface area contributed by atoms with Crippen LogP contribution in [0.25, 0.3) is 0 Å². The van der Waals surface area contributed by atoms with Crippen molar-refractivity contribution >= 4 is 27.3 Å². The Kier molecular flexibility index (Phi) is 5.46. The van der Waals surface area contributed by atoms with Gasteiger partial charge in [0.2, 0.25) is 0 Å². The quantitative estimate of drug-likeness (QED) is 0.869. The van der Waals surface area contributed by atoms with Gasteiger partial charge in [-0.15, -0.1) is 11.3 Å². The molecule has 19 heavy (non-hydrogen) atoms. The number of nitrogens with one attached hydrogen (secondary N) is 1. The first-order valence-corrected chi connectivity index (χ1v) is 8.90. The summed E-state index contributed by atoms with van der Waals surface area (Å²) in [6.45, 7) is 7.22. The minimum Gasteiger partial charge on any atom is -0.311 e. The van der Waals surface area contributed by atoms with E-state index in [1.807, 2.05) is 11.3 Å². The average Bonchev–Trinajstić information content (AvgIpc) is 2.66. The van der Waals surface area contributed by atoms with E-state index in [-0.39, 0.29) is 5.54 Å². The van der Waals surface area contributed by atoms with Gasteiger partial charge in [-0.1, -0.05) is 12.8 Å². The first-order chi connectivity index (χ1) is 9.07. The van der Waals surface area contributed by atoms with Gasteiger partial charge in [-0.3, -0.25) is 4.90 Å². The fourth-order valence-corrected chi connectivity index (χ4v) is 5.04. The molecule has 0 radical (unpaired) electrons. The number of nitrogens with zero attached hydrogens (tertiary/aromatic N) is 1. The van der Waals surface area contributed by atoms with E-state index >= 15 is 0 Å². The van der Waals surface area contributed by atoms with Gasteiger partial charge in [-0.05, 0) is 74.2 Å². The number of likely N-dealkylation sites (tertiary alicyclic amines) is 1. The summed E-state index contributed by atoms with van der Waals surface area (Å²) in [5.41, 5.74) is 0.145. The molecule has 0 spiro atoms. The van der Waals surface area contributed by atoms with E-state index < -0.39 is 0 Å². The van der Waals surface area contributed by atoms with Crippen molar-refractivity contribution in [2.24, 2.45) is 0 Å². The molecule has 1 unspecified atom stereocenters. The van der Waals surface area contributed by atoms with Gasteiger partial charge in [-0.2, -0.15) is 0 Å². The molecule has 0 amide bonds. The van der Waals surface area contributed by atoms with Crippen molar-refractivity contribution in [1.29, 1.82) is 0 Å². The number of hydrogen-bond donors (Lipinski definition) is 1. The SMILES string of the molecule is CNC(c1sccc1Br)C(C)(C)N1CCCCCC1. The Bertz CT molecular complexity index is 395. The van der Waals surface area contributed by atoms with E-state index in [1.54, 1.807) is 0 Å². The van der Waals surface area contributed by atoms with Gasteiger partial charge in [0.05, 0.1) is 6.04 Å². The minimum absolute atomic E-state index is 0.145. The second-order valence-electron chi connectivity index (χ2n) is 5.91.